The Balaban J connectivity index is 0.000000152. The fourth-order valence-electron chi connectivity index (χ4n) is 7.70. The van der Waals surface area contributed by atoms with Crippen LogP contribution in [0.5, 0.6) is 11.5 Å². The minimum Gasteiger partial charge on any atom is -0.490 e. The van der Waals surface area contributed by atoms with Gasteiger partial charge in [0.05, 0.1) is 13.2 Å². The highest BCUT2D eigenvalue weighted by atomic mass is 79.9. The van der Waals surface area contributed by atoms with Gasteiger partial charge in [-0.25, -0.2) is 4.99 Å². The van der Waals surface area contributed by atoms with Crippen molar-refractivity contribution in [3.05, 3.63) is 56.5 Å². The first-order chi connectivity index (χ1) is 23.1. The Morgan fingerprint density at radius 2 is 1.50 bits per heavy atom. The number of aliphatic imine (C=N–C) groups is 1. The molecule has 3 fully saturated rings. The number of thioether (sulfide) groups is 1. The van der Waals surface area contributed by atoms with Gasteiger partial charge in [0.15, 0.2) is 21.4 Å². The van der Waals surface area contributed by atoms with E-state index >= 15 is 0 Å². The van der Waals surface area contributed by atoms with Crippen molar-refractivity contribution < 1.29 is 28.5 Å². The lowest BCUT2D eigenvalue weighted by molar-refractivity contribution is -0.133. The van der Waals surface area contributed by atoms with Gasteiger partial charge in [-0.15, -0.1) is 0 Å². The summed E-state index contributed by atoms with van der Waals surface area (Å²) in [6, 6.07) is 11.6. The molecule has 6 unspecified atom stereocenters. The first kappa shape index (κ1) is 34.2. The van der Waals surface area contributed by atoms with Gasteiger partial charge in [0.1, 0.15) is 23.7 Å². The molecular weight excluding hydrogens is 784 g/mol. The summed E-state index contributed by atoms with van der Waals surface area (Å²) >= 11 is 13.7. The fourth-order valence-corrected chi connectivity index (χ4v) is 9.29. The normalized spacial score (nSPS) is 32.3. The standard InChI is InChI=1S/C18H21BrN2O3S.C16H17BrN2O3S/c1-21-16(22)18(20-17(21)25-2)9-15(11-4-3-7-23-10-11)24-14-6-5-12(19)8-13(14)18;17-10-3-4-12-11(6-10)16(14(20)18-15(23)19-16)7-13(22-12)9-2-1-5-21-8-9/h5-6,8,11,15H,3-4,7,9-10H2,1-2H3;3-4,6,9,13H,1-2,5,7-8H2,(H2,18,19,20,23). The second kappa shape index (κ2) is 13.8. The maximum atomic E-state index is 13.2. The molecule has 0 saturated carbocycles. The Labute approximate surface area is 306 Å². The molecule has 14 heteroatoms. The van der Waals surface area contributed by atoms with Gasteiger partial charge in [0.25, 0.3) is 11.8 Å². The van der Waals surface area contributed by atoms with Crippen LogP contribution in [0.25, 0.3) is 0 Å². The zero-order chi connectivity index (χ0) is 33.6. The highest BCUT2D eigenvalue weighted by molar-refractivity contribution is 9.10. The molecule has 6 aliphatic heterocycles. The number of carbonyl (C=O) groups excluding carboxylic acids is 2. The molecule has 10 nitrogen and oxygen atoms in total. The number of carbonyl (C=O) groups is 2. The first-order valence-electron chi connectivity index (χ1n) is 16.3. The molecule has 2 N–H and O–H groups in total. The number of hydrogen-bond acceptors (Lipinski definition) is 9. The smallest absolute Gasteiger partial charge is 0.261 e. The molecule has 0 radical (unpaired) electrons. The van der Waals surface area contributed by atoms with Crippen molar-refractivity contribution in [2.24, 2.45) is 16.8 Å². The maximum Gasteiger partial charge on any atom is 0.261 e. The Kier molecular flexibility index (Phi) is 9.86. The molecule has 256 valence electrons. The minimum absolute atomic E-state index is 0.0289. The Morgan fingerprint density at radius 3 is 2.02 bits per heavy atom. The van der Waals surface area contributed by atoms with Gasteiger partial charge >= 0.3 is 0 Å². The maximum absolute atomic E-state index is 13.2. The summed E-state index contributed by atoms with van der Waals surface area (Å²) < 4.78 is 25.7. The number of nitrogens with one attached hydrogen (secondary N) is 2. The van der Waals surface area contributed by atoms with Crippen molar-refractivity contribution in [2.75, 3.05) is 39.7 Å². The summed E-state index contributed by atoms with van der Waals surface area (Å²) in [6.45, 7) is 2.99. The zero-order valence-corrected chi connectivity index (χ0v) is 31.6. The molecule has 8 rings (SSSR count). The molecule has 6 aliphatic rings. The van der Waals surface area contributed by atoms with Gasteiger partial charge in [-0.3, -0.25) is 14.5 Å². The molecule has 0 aliphatic carbocycles. The molecule has 0 bridgehead atoms. The van der Waals surface area contributed by atoms with Crippen LogP contribution in [0.3, 0.4) is 0 Å². The van der Waals surface area contributed by atoms with Gasteiger partial charge in [0, 0.05) is 65.0 Å². The number of amides is 2. The third kappa shape index (κ3) is 6.19. The van der Waals surface area contributed by atoms with E-state index in [-0.39, 0.29) is 24.0 Å². The summed E-state index contributed by atoms with van der Waals surface area (Å²) in [7, 11) is 1.80. The van der Waals surface area contributed by atoms with Gasteiger partial charge in [-0.05, 0) is 80.6 Å². The summed E-state index contributed by atoms with van der Waals surface area (Å²) in [6.07, 6.45) is 7.14. The van der Waals surface area contributed by atoms with E-state index in [0.29, 0.717) is 43.0 Å². The largest absolute Gasteiger partial charge is 0.490 e. The van der Waals surface area contributed by atoms with Crippen LogP contribution in [0.15, 0.2) is 50.3 Å². The topological polar surface area (TPSA) is 111 Å². The predicted molar refractivity (Wildman–Crippen MR) is 194 cm³/mol. The SMILES string of the molecule is CSC1=NC2(CC(C3CCCOC3)Oc3ccc(Br)cc32)C(=O)N1C.O=C1NC(=S)NC12CC(C1CCCOC1)Oc1ccc(Br)cc12. The monoisotopic (exact) mass is 820 g/mol. The van der Waals surface area contributed by atoms with Gasteiger partial charge in [-0.1, -0.05) is 43.6 Å². The van der Waals surface area contributed by atoms with Crippen molar-refractivity contribution in [2.45, 2.75) is 61.8 Å². The van der Waals surface area contributed by atoms with E-state index in [1.54, 1.807) is 11.9 Å². The molecule has 6 heterocycles. The van der Waals surface area contributed by atoms with Gasteiger partial charge in [0.2, 0.25) is 0 Å². The lowest BCUT2D eigenvalue weighted by atomic mass is 9.78. The van der Waals surface area contributed by atoms with E-state index in [1.165, 1.54) is 11.8 Å². The van der Waals surface area contributed by atoms with Crippen LogP contribution < -0.4 is 20.1 Å². The molecule has 3 saturated heterocycles. The number of likely N-dealkylation sites (N-methyl/N-ethyl adjacent to an activating group) is 1. The highest BCUT2D eigenvalue weighted by Gasteiger charge is 2.55. The van der Waals surface area contributed by atoms with Crippen LogP contribution in [0.4, 0.5) is 0 Å². The predicted octanol–water partition coefficient (Wildman–Crippen LogP) is 5.64. The first-order valence-corrected chi connectivity index (χ1v) is 19.5. The quantitative estimate of drug-likeness (QED) is 0.373. The highest BCUT2D eigenvalue weighted by Crippen LogP contribution is 2.49. The van der Waals surface area contributed by atoms with Crippen molar-refractivity contribution >= 4 is 77.9 Å². The molecule has 2 spiro atoms. The van der Waals surface area contributed by atoms with Crippen molar-refractivity contribution in [3.8, 4) is 11.5 Å². The van der Waals surface area contributed by atoms with Gasteiger partial charge < -0.3 is 29.6 Å². The number of ether oxygens (including phenoxy) is 4. The van der Waals surface area contributed by atoms with Crippen molar-refractivity contribution in [3.63, 3.8) is 0 Å². The summed E-state index contributed by atoms with van der Waals surface area (Å²) in [4.78, 5) is 32.5. The summed E-state index contributed by atoms with van der Waals surface area (Å²) in [5, 5.41) is 7.08. The second-order valence-corrected chi connectivity index (χ2v) is 16.1. The third-order valence-electron chi connectivity index (χ3n) is 10.1. The van der Waals surface area contributed by atoms with E-state index in [2.05, 4.69) is 42.5 Å². The molecule has 2 amide bonds. The van der Waals surface area contributed by atoms with E-state index in [4.69, 9.17) is 36.2 Å². The molecule has 0 aromatic heterocycles. The number of amidine groups is 1. The molecule has 2 aromatic rings. The van der Waals surface area contributed by atoms with Crippen molar-refractivity contribution in [1.82, 2.24) is 15.5 Å². The molecule has 2 aromatic carbocycles. The minimum atomic E-state index is -0.882. The number of fused-ring (bicyclic) bond motifs is 4. The van der Waals surface area contributed by atoms with E-state index in [0.717, 1.165) is 75.6 Å². The van der Waals surface area contributed by atoms with E-state index in [9.17, 15) is 9.59 Å². The van der Waals surface area contributed by atoms with Crippen molar-refractivity contribution in [1.29, 1.82) is 0 Å². The zero-order valence-electron chi connectivity index (χ0n) is 26.8. The molecular formula is C34H38Br2N4O6S2. The van der Waals surface area contributed by atoms with Crippen LogP contribution in [0, 0.1) is 11.8 Å². The van der Waals surface area contributed by atoms with Crippen LogP contribution in [-0.4, -0.2) is 78.9 Å². The summed E-state index contributed by atoms with van der Waals surface area (Å²) in [5.74, 6) is 2.02. The Morgan fingerprint density at radius 1 is 0.917 bits per heavy atom. The number of hydrogen-bond donors (Lipinski definition) is 2. The number of halogens is 2. The van der Waals surface area contributed by atoms with Crippen LogP contribution in [-0.2, 0) is 30.1 Å². The third-order valence-corrected chi connectivity index (χ3v) is 12.1. The second-order valence-electron chi connectivity index (χ2n) is 13.1. The summed E-state index contributed by atoms with van der Waals surface area (Å²) in [5.41, 5.74) is -0.0451. The van der Waals surface area contributed by atoms with E-state index < -0.39 is 11.1 Å². The van der Waals surface area contributed by atoms with Gasteiger partial charge in [-0.2, -0.15) is 0 Å². The lowest BCUT2D eigenvalue weighted by Crippen LogP contribution is -2.52. The fraction of sp³-hybridized carbons (Fsp3) is 0.529. The number of nitrogens with zero attached hydrogens (tertiary/aromatic N) is 2. The van der Waals surface area contributed by atoms with Crippen LogP contribution in [0.1, 0.15) is 49.7 Å². The van der Waals surface area contributed by atoms with Crippen LogP contribution in [0.2, 0.25) is 0 Å². The average Bonchev–Trinajstić information content (AvgIpc) is 3.52. The molecule has 48 heavy (non-hydrogen) atoms. The average molecular weight is 823 g/mol. The Hall–Kier alpha value is -2.23. The lowest BCUT2D eigenvalue weighted by Gasteiger charge is -2.41. The number of thiocarbonyl (C=S) groups is 1. The Bertz CT molecular complexity index is 1650. The number of benzene rings is 2. The number of rotatable bonds is 2. The molecule has 6 atom stereocenters. The van der Waals surface area contributed by atoms with Crippen LogP contribution >= 0.6 is 55.8 Å². The van der Waals surface area contributed by atoms with E-state index in [1.807, 2.05) is 42.7 Å².